The monoisotopic (exact) mass is 367 g/mol. The molecule has 2 amide bonds. The molecule has 142 valence electrons. The van der Waals surface area contributed by atoms with Crippen LogP contribution < -0.4 is 10.9 Å². The Bertz CT molecular complexity index is 762. The predicted octanol–water partition coefficient (Wildman–Crippen LogP) is 3.21. The Morgan fingerprint density at radius 2 is 1.74 bits per heavy atom. The van der Waals surface area contributed by atoms with Crippen LogP contribution in [-0.2, 0) is 4.74 Å². The lowest BCUT2D eigenvalue weighted by molar-refractivity contribution is 0.0903. The zero-order valence-electron chi connectivity index (χ0n) is 15.5. The van der Waals surface area contributed by atoms with Gasteiger partial charge in [0.05, 0.1) is 6.61 Å². The number of likely N-dealkylation sites (tertiary alicyclic amines) is 1. The van der Waals surface area contributed by atoms with E-state index in [4.69, 9.17) is 4.74 Å². The van der Waals surface area contributed by atoms with E-state index < -0.39 is 6.09 Å². The highest BCUT2D eigenvalue weighted by Crippen LogP contribution is 2.19. The van der Waals surface area contributed by atoms with Gasteiger partial charge in [0.25, 0.3) is 5.91 Å². The minimum absolute atomic E-state index is 0.336. The van der Waals surface area contributed by atoms with E-state index in [1.54, 1.807) is 12.1 Å². The van der Waals surface area contributed by atoms with Gasteiger partial charge in [-0.1, -0.05) is 42.5 Å². The van der Waals surface area contributed by atoms with E-state index in [0.29, 0.717) is 18.2 Å². The topological polar surface area (TPSA) is 70.7 Å². The smallest absolute Gasteiger partial charge is 0.426 e. The number of nitrogens with zero attached hydrogens (tertiary/aromatic N) is 1. The zero-order valence-corrected chi connectivity index (χ0v) is 15.5. The SMILES string of the molecule is CN1CCCC1CCOC(=O)NNC(=O)c1ccc(-c2ccccc2)cc1. The summed E-state index contributed by atoms with van der Waals surface area (Å²) < 4.78 is 5.12. The number of amides is 2. The molecule has 0 bridgehead atoms. The van der Waals surface area contributed by atoms with Gasteiger partial charge in [-0.15, -0.1) is 0 Å². The molecular weight excluding hydrogens is 342 g/mol. The average Bonchev–Trinajstić information content (AvgIpc) is 3.12. The van der Waals surface area contributed by atoms with E-state index >= 15 is 0 Å². The summed E-state index contributed by atoms with van der Waals surface area (Å²) in [6.45, 7) is 1.43. The molecule has 6 heteroatoms. The fraction of sp³-hybridized carbons (Fsp3) is 0.333. The fourth-order valence-electron chi connectivity index (χ4n) is 3.29. The summed E-state index contributed by atoms with van der Waals surface area (Å²) in [6, 6.07) is 17.6. The first-order valence-corrected chi connectivity index (χ1v) is 9.22. The summed E-state index contributed by atoms with van der Waals surface area (Å²) in [5, 5.41) is 0. The molecule has 27 heavy (non-hydrogen) atoms. The van der Waals surface area contributed by atoms with E-state index in [1.165, 1.54) is 6.42 Å². The highest BCUT2D eigenvalue weighted by Gasteiger charge is 2.20. The molecule has 3 rings (SSSR count). The maximum Gasteiger partial charge on any atom is 0.426 e. The third-order valence-electron chi connectivity index (χ3n) is 4.89. The summed E-state index contributed by atoms with van der Waals surface area (Å²) in [5.41, 5.74) is 7.23. The van der Waals surface area contributed by atoms with Crippen LogP contribution >= 0.6 is 0 Å². The number of hydrogen-bond acceptors (Lipinski definition) is 4. The van der Waals surface area contributed by atoms with Gasteiger partial charge in [0.1, 0.15) is 0 Å². The first-order chi connectivity index (χ1) is 13.1. The Hall–Kier alpha value is -2.86. The zero-order chi connectivity index (χ0) is 19.1. The first-order valence-electron chi connectivity index (χ1n) is 9.22. The highest BCUT2D eigenvalue weighted by molar-refractivity contribution is 5.95. The van der Waals surface area contributed by atoms with E-state index in [9.17, 15) is 9.59 Å². The number of carbonyl (C=O) groups is 2. The number of ether oxygens (including phenoxy) is 1. The molecule has 2 N–H and O–H groups in total. The number of rotatable bonds is 5. The lowest BCUT2D eigenvalue weighted by Gasteiger charge is -2.18. The molecule has 1 atom stereocenters. The number of hydrogen-bond donors (Lipinski definition) is 2. The van der Waals surface area contributed by atoms with Gasteiger partial charge < -0.3 is 9.64 Å². The van der Waals surface area contributed by atoms with Gasteiger partial charge in [0, 0.05) is 11.6 Å². The Morgan fingerprint density at radius 1 is 1.04 bits per heavy atom. The Balaban J connectivity index is 1.41. The molecule has 0 aliphatic carbocycles. The second-order valence-electron chi connectivity index (χ2n) is 6.72. The van der Waals surface area contributed by atoms with Crippen molar-refractivity contribution in [1.29, 1.82) is 0 Å². The van der Waals surface area contributed by atoms with Gasteiger partial charge in [0.2, 0.25) is 0 Å². The van der Waals surface area contributed by atoms with Crippen molar-refractivity contribution >= 4 is 12.0 Å². The van der Waals surface area contributed by atoms with Crippen LogP contribution in [-0.4, -0.2) is 43.1 Å². The molecule has 6 nitrogen and oxygen atoms in total. The predicted molar refractivity (Wildman–Crippen MR) is 104 cm³/mol. The van der Waals surface area contributed by atoms with Crippen LogP contribution in [0.2, 0.25) is 0 Å². The van der Waals surface area contributed by atoms with Crippen LogP contribution in [0.4, 0.5) is 4.79 Å². The van der Waals surface area contributed by atoms with Crippen LogP contribution in [0, 0.1) is 0 Å². The van der Waals surface area contributed by atoms with Gasteiger partial charge >= 0.3 is 6.09 Å². The quantitative estimate of drug-likeness (QED) is 0.796. The summed E-state index contributed by atoms with van der Waals surface area (Å²) in [7, 11) is 2.08. The first kappa shape index (κ1) is 18.9. The average molecular weight is 367 g/mol. The van der Waals surface area contributed by atoms with Crippen molar-refractivity contribution in [2.45, 2.75) is 25.3 Å². The van der Waals surface area contributed by atoms with Crippen molar-refractivity contribution < 1.29 is 14.3 Å². The van der Waals surface area contributed by atoms with E-state index in [-0.39, 0.29) is 5.91 Å². The van der Waals surface area contributed by atoms with Gasteiger partial charge in [0.15, 0.2) is 0 Å². The van der Waals surface area contributed by atoms with Crippen LogP contribution in [0.1, 0.15) is 29.6 Å². The largest absolute Gasteiger partial charge is 0.448 e. The van der Waals surface area contributed by atoms with Crippen molar-refractivity contribution in [2.75, 3.05) is 20.2 Å². The van der Waals surface area contributed by atoms with Crippen molar-refractivity contribution in [3.63, 3.8) is 0 Å². The lowest BCUT2D eigenvalue weighted by Crippen LogP contribution is -2.42. The Labute approximate surface area is 159 Å². The minimum Gasteiger partial charge on any atom is -0.448 e. The van der Waals surface area contributed by atoms with Crippen molar-refractivity contribution in [2.24, 2.45) is 0 Å². The maximum absolute atomic E-state index is 12.1. The summed E-state index contributed by atoms with van der Waals surface area (Å²) in [5.74, 6) is -0.387. The van der Waals surface area contributed by atoms with Gasteiger partial charge in [-0.3, -0.25) is 10.2 Å². The Morgan fingerprint density at radius 3 is 2.41 bits per heavy atom. The molecule has 0 radical (unpaired) electrons. The molecule has 0 spiro atoms. The van der Waals surface area contributed by atoms with Gasteiger partial charge in [-0.2, -0.15) is 0 Å². The summed E-state index contributed by atoms with van der Waals surface area (Å²) in [4.78, 5) is 26.1. The molecule has 2 aromatic rings. The van der Waals surface area contributed by atoms with E-state index in [2.05, 4.69) is 22.8 Å². The molecule has 2 aromatic carbocycles. The lowest BCUT2D eigenvalue weighted by atomic mass is 10.0. The molecule has 1 heterocycles. The van der Waals surface area contributed by atoms with Crippen LogP contribution in [0.15, 0.2) is 54.6 Å². The van der Waals surface area contributed by atoms with E-state index in [1.807, 2.05) is 42.5 Å². The van der Waals surface area contributed by atoms with Gasteiger partial charge in [-0.05, 0) is 56.1 Å². The van der Waals surface area contributed by atoms with Gasteiger partial charge in [-0.25, -0.2) is 10.2 Å². The van der Waals surface area contributed by atoms with Crippen molar-refractivity contribution in [3.05, 3.63) is 60.2 Å². The van der Waals surface area contributed by atoms with Crippen molar-refractivity contribution in [1.82, 2.24) is 15.8 Å². The molecular formula is C21H25N3O3. The number of nitrogens with one attached hydrogen (secondary N) is 2. The van der Waals surface area contributed by atoms with Crippen molar-refractivity contribution in [3.8, 4) is 11.1 Å². The fourth-order valence-corrected chi connectivity index (χ4v) is 3.29. The highest BCUT2D eigenvalue weighted by atomic mass is 16.6. The second kappa shape index (κ2) is 9.19. The number of hydrazine groups is 1. The number of carbonyl (C=O) groups excluding carboxylic acids is 2. The molecule has 1 aliphatic rings. The minimum atomic E-state index is -0.648. The van der Waals surface area contributed by atoms with Crippen LogP contribution in [0.3, 0.4) is 0 Å². The molecule has 1 unspecified atom stereocenters. The third kappa shape index (κ3) is 5.31. The maximum atomic E-state index is 12.1. The third-order valence-corrected chi connectivity index (χ3v) is 4.89. The molecule has 0 aromatic heterocycles. The molecule has 0 saturated carbocycles. The molecule has 1 fully saturated rings. The number of benzene rings is 2. The van der Waals surface area contributed by atoms with Crippen LogP contribution in [0.5, 0.6) is 0 Å². The second-order valence-corrected chi connectivity index (χ2v) is 6.72. The molecule has 1 saturated heterocycles. The Kier molecular flexibility index (Phi) is 6.44. The van der Waals surface area contributed by atoms with E-state index in [0.717, 1.165) is 30.5 Å². The van der Waals surface area contributed by atoms with Crippen LogP contribution in [0.25, 0.3) is 11.1 Å². The normalized spacial score (nSPS) is 16.7. The summed E-state index contributed by atoms with van der Waals surface area (Å²) >= 11 is 0. The standard InChI is InChI=1S/C21H25N3O3/c1-24-14-5-8-19(24)13-15-27-21(26)23-22-20(25)18-11-9-17(10-12-18)16-6-3-2-4-7-16/h2-4,6-7,9-12,19H,5,8,13-15H2,1H3,(H,22,25)(H,23,26). The molecule has 1 aliphatic heterocycles. The summed E-state index contributed by atoms with van der Waals surface area (Å²) in [6.07, 6.45) is 2.48.